The van der Waals surface area contributed by atoms with Crippen LogP contribution in [0.4, 0.5) is 11.4 Å². The van der Waals surface area contributed by atoms with Crippen molar-refractivity contribution in [3.8, 4) is 5.75 Å². The molecule has 0 saturated heterocycles. The second-order valence-corrected chi connectivity index (χ2v) is 8.29. The number of rotatable bonds is 8. The summed E-state index contributed by atoms with van der Waals surface area (Å²) in [4.78, 5) is 34.8. The number of nitro groups is 1. The molecule has 2 N–H and O–H groups in total. The predicted octanol–water partition coefficient (Wildman–Crippen LogP) is 4.90. The zero-order chi connectivity index (χ0) is 23.8. The summed E-state index contributed by atoms with van der Waals surface area (Å²) in [6, 6.07) is 17.7. The number of hydrazone groups is 1. The summed E-state index contributed by atoms with van der Waals surface area (Å²) in [5, 5.41) is 17.5. The first kappa shape index (κ1) is 24.1. The van der Waals surface area contributed by atoms with Gasteiger partial charge in [-0.3, -0.25) is 19.7 Å². The number of para-hydroxylation sites is 1. The molecule has 3 aromatic rings. The third-order valence-electron chi connectivity index (χ3n) is 4.13. The van der Waals surface area contributed by atoms with Gasteiger partial charge in [-0.1, -0.05) is 40.2 Å². The second-order valence-electron chi connectivity index (χ2n) is 6.52. The second kappa shape index (κ2) is 11.3. The van der Waals surface area contributed by atoms with Crippen molar-refractivity contribution in [2.24, 2.45) is 5.10 Å². The Bertz CT molecular complexity index is 1220. The summed E-state index contributed by atoms with van der Waals surface area (Å²) >= 11 is 6.77. The van der Waals surface area contributed by atoms with E-state index in [2.05, 4.69) is 47.7 Å². The van der Waals surface area contributed by atoms with Crippen LogP contribution in [0.1, 0.15) is 15.9 Å². The molecule has 0 aliphatic rings. The lowest BCUT2D eigenvalue weighted by molar-refractivity contribution is -0.384. The number of hydrogen-bond donors (Lipinski definition) is 2. The van der Waals surface area contributed by atoms with E-state index in [9.17, 15) is 19.7 Å². The average Bonchev–Trinajstić information content (AvgIpc) is 2.79. The maximum atomic E-state index is 12.3. The van der Waals surface area contributed by atoms with E-state index in [0.29, 0.717) is 25.9 Å². The number of carbonyl (C=O) groups excluding carboxylic acids is 2. The summed E-state index contributed by atoms with van der Waals surface area (Å²) in [6.45, 7) is -0.254. The Morgan fingerprint density at radius 3 is 2.55 bits per heavy atom. The van der Waals surface area contributed by atoms with Crippen LogP contribution < -0.4 is 15.5 Å². The van der Waals surface area contributed by atoms with Crippen molar-refractivity contribution in [1.82, 2.24) is 5.43 Å². The van der Waals surface area contributed by atoms with Crippen LogP contribution in [0, 0.1) is 10.1 Å². The molecule has 11 heteroatoms. The van der Waals surface area contributed by atoms with Crippen molar-refractivity contribution in [1.29, 1.82) is 0 Å². The molecule has 0 saturated carbocycles. The van der Waals surface area contributed by atoms with Gasteiger partial charge in [-0.15, -0.1) is 0 Å². The molecule has 3 rings (SSSR count). The maximum absolute atomic E-state index is 12.3. The van der Waals surface area contributed by atoms with Crippen molar-refractivity contribution in [3.05, 3.63) is 96.9 Å². The maximum Gasteiger partial charge on any atom is 0.271 e. The fourth-order valence-corrected chi connectivity index (χ4v) is 4.04. The van der Waals surface area contributed by atoms with Gasteiger partial charge in [0.15, 0.2) is 6.61 Å². The summed E-state index contributed by atoms with van der Waals surface area (Å²) in [6.07, 6.45) is 1.34. The summed E-state index contributed by atoms with van der Waals surface area (Å²) in [5.74, 6) is -0.624. The molecule has 0 fully saturated rings. The zero-order valence-corrected chi connectivity index (χ0v) is 20.0. The Labute approximate surface area is 205 Å². The molecule has 0 unspecified atom stereocenters. The monoisotopic (exact) mass is 574 g/mol. The third-order valence-corrected chi connectivity index (χ3v) is 5.18. The molecule has 0 spiro atoms. The Morgan fingerprint density at radius 2 is 1.82 bits per heavy atom. The minimum absolute atomic E-state index is 0.0887. The molecule has 33 heavy (non-hydrogen) atoms. The topological polar surface area (TPSA) is 123 Å². The zero-order valence-electron chi connectivity index (χ0n) is 16.8. The van der Waals surface area contributed by atoms with Crippen LogP contribution in [0.3, 0.4) is 0 Å². The number of nitrogens with one attached hydrogen (secondary N) is 2. The molecule has 0 aromatic heterocycles. The smallest absolute Gasteiger partial charge is 0.271 e. The highest BCUT2D eigenvalue weighted by molar-refractivity contribution is 9.11. The van der Waals surface area contributed by atoms with Gasteiger partial charge in [-0.2, -0.15) is 5.10 Å². The van der Waals surface area contributed by atoms with Crippen LogP contribution in [-0.4, -0.2) is 29.6 Å². The quantitative estimate of drug-likeness (QED) is 0.225. The number of halogens is 2. The van der Waals surface area contributed by atoms with E-state index in [1.807, 2.05) is 6.07 Å². The van der Waals surface area contributed by atoms with Crippen LogP contribution in [0.2, 0.25) is 0 Å². The molecule has 0 aliphatic carbocycles. The third kappa shape index (κ3) is 6.96. The van der Waals surface area contributed by atoms with Gasteiger partial charge in [0.25, 0.3) is 17.5 Å². The average molecular weight is 576 g/mol. The number of anilines is 1. The van der Waals surface area contributed by atoms with Gasteiger partial charge in [-0.05, 0) is 46.3 Å². The highest BCUT2D eigenvalue weighted by Gasteiger charge is 2.13. The van der Waals surface area contributed by atoms with E-state index in [1.54, 1.807) is 36.4 Å². The van der Waals surface area contributed by atoms with E-state index < -0.39 is 10.8 Å². The Balaban J connectivity index is 1.69. The number of non-ortho nitro benzene ring substituents is 1. The molecule has 2 amide bonds. The van der Waals surface area contributed by atoms with Gasteiger partial charge in [0.2, 0.25) is 0 Å². The largest absolute Gasteiger partial charge is 0.482 e. The van der Waals surface area contributed by atoms with E-state index in [1.165, 1.54) is 24.4 Å². The molecule has 9 nitrogen and oxygen atoms in total. The van der Waals surface area contributed by atoms with Gasteiger partial charge in [0.05, 0.1) is 15.6 Å². The highest BCUT2D eigenvalue weighted by Crippen LogP contribution is 2.32. The molecular formula is C22H16Br2N4O5. The summed E-state index contributed by atoms with van der Waals surface area (Å²) in [5.41, 5.74) is 3.33. The minimum atomic E-state index is -0.617. The lowest BCUT2D eigenvalue weighted by atomic mass is 10.2. The first-order chi connectivity index (χ1) is 15.8. The minimum Gasteiger partial charge on any atom is -0.482 e. The van der Waals surface area contributed by atoms with E-state index >= 15 is 0 Å². The summed E-state index contributed by atoms with van der Waals surface area (Å²) < 4.78 is 6.96. The lowest BCUT2D eigenvalue weighted by Gasteiger charge is -2.12. The van der Waals surface area contributed by atoms with Crippen LogP contribution in [0.15, 0.2) is 80.8 Å². The SMILES string of the molecule is O=C(COc1c(Br)cc(Br)cc1/C=N/NC(=O)c1cccc([N+](=O)[O-])c1)Nc1ccccc1. The summed E-state index contributed by atoms with van der Waals surface area (Å²) in [7, 11) is 0. The molecular weight excluding hydrogens is 560 g/mol. The number of carbonyl (C=O) groups is 2. The number of hydrogen-bond acceptors (Lipinski definition) is 6. The van der Waals surface area contributed by atoms with Crippen LogP contribution in [0.5, 0.6) is 5.75 Å². The molecule has 0 bridgehead atoms. The first-order valence-electron chi connectivity index (χ1n) is 9.38. The fraction of sp³-hybridized carbons (Fsp3) is 0.0455. The van der Waals surface area contributed by atoms with Crippen molar-refractivity contribution in [2.45, 2.75) is 0 Å². The molecule has 0 radical (unpaired) electrons. The van der Waals surface area contributed by atoms with Crippen LogP contribution >= 0.6 is 31.9 Å². The lowest BCUT2D eigenvalue weighted by Crippen LogP contribution is -2.21. The number of nitrogens with zero attached hydrogens (tertiary/aromatic N) is 2. The predicted molar refractivity (Wildman–Crippen MR) is 131 cm³/mol. The standard InChI is InChI=1S/C22H16Br2N4O5/c23-16-9-15(12-25-27-22(30)14-5-4-8-18(10-14)28(31)32)21(19(24)11-16)33-13-20(29)26-17-6-2-1-3-7-17/h1-12H,13H2,(H,26,29)(H,27,30)/b25-12+. The molecule has 0 atom stereocenters. The Hall–Kier alpha value is -3.57. The van der Waals surface area contributed by atoms with Crippen molar-refractivity contribution in [3.63, 3.8) is 0 Å². The van der Waals surface area contributed by atoms with E-state index in [0.717, 1.165) is 6.07 Å². The van der Waals surface area contributed by atoms with Crippen LogP contribution in [0.25, 0.3) is 0 Å². The van der Waals surface area contributed by atoms with Gasteiger partial charge in [0.1, 0.15) is 5.75 Å². The van der Waals surface area contributed by atoms with E-state index in [4.69, 9.17) is 4.74 Å². The molecule has 3 aromatic carbocycles. The van der Waals surface area contributed by atoms with Crippen molar-refractivity contribution in [2.75, 3.05) is 11.9 Å². The fourth-order valence-electron chi connectivity index (χ4n) is 2.67. The Kier molecular flexibility index (Phi) is 8.28. The molecule has 0 aliphatic heterocycles. The van der Waals surface area contributed by atoms with Crippen LogP contribution in [-0.2, 0) is 4.79 Å². The highest BCUT2D eigenvalue weighted by atomic mass is 79.9. The van der Waals surface area contributed by atoms with Gasteiger partial charge >= 0.3 is 0 Å². The van der Waals surface area contributed by atoms with Gasteiger partial charge in [-0.25, -0.2) is 5.43 Å². The number of amides is 2. The first-order valence-corrected chi connectivity index (χ1v) is 11.0. The van der Waals surface area contributed by atoms with Crippen molar-refractivity contribution >= 4 is 61.3 Å². The number of nitro benzene ring substituents is 1. The normalized spacial score (nSPS) is 10.6. The van der Waals surface area contributed by atoms with E-state index in [-0.39, 0.29) is 23.8 Å². The molecule has 0 heterocycles. The Morgan fingerprint density at radius 1 is 1.06 bits per heavy atom. The van der Waals surface area contributed by atoms with Crippen molar-refractivity contribution < 1.29 is 19.2 Å². The number of ether oxygens (including phenoxy) is 1. The van der Waals surface area contributed by atoms with Gasteiger partial charge < -0.3 is 10.1 Å². The molecule has 168 valence electrons. The number of benzene rings is 3. The van der Waals surface area contributed by atoms with Gasteiger partial charge in [0, 0.05) is 33.4 Å².